The number of amides is 1. The molecule has 0 fully saturated rings. The fourth-order valence-electron chi connectivity index (χ4n) is 1.52. The number of carbonyl (C=O) groups excluding carboxylic acids is 1. The van der Waals surface area contributed by atoms with Crippen LogP contribution in [0, 0.1) is 0 Å². The van der Waals surface area contributed by atoms with Crippen molar-refractivity contribution < 1.29 is 24.2 Å². The van der Waals surface area contributed by atoms with Gasteiger partial charge in [0.2, 0.25) is 5.91 Å². The number of benzene rings is 1. The number of hydrogen-bond acceptors (Lipinski definition) is 4. The molecule has 0 radical (unpaired) electrons. The predicted molar refractivity (Wildman–Crippen MR) is 72.8 cm³/mol. The van der Waals surface area contributed by atoms with Gasteiger partial charge in [0.1, 0.15) is 0 Å². The van der Waals surface area contributed by atoms with Crippen LogP contribution in [-0.4, -0.2) is 50.5 Å². The van der Waals surface area contributed by atoms with Gasteiger partial charge in [-0.25, -0.2) is 4.79 Å². The van der Waals surface area contributed by atoms with Crippen molar-refractivity contribution in [2.45, 2.75) is 6.42 Å². The highest BCUT2D eigenvalue weighted by Crippen LogP contribution is 2.05. The van der Waals surface area contributed by atoms with Crippen molar-refractivity contribution in [3.05, 3.63) is 35.4 Å². The number of hydrogen-bond donors (Lipinski definition) is 2. The van der Waals surface area contributed by atoms with Crippen molar-refractivity contribution in [1.82, 2.24) is 5.32 Å². The summed E-state index contributed by atoms with van der Waals surface area (Å²) in [5.74, 6) is -1.10. The van der Waals surface area contributed by atoms with Gasteiger partial charge in [0.15, 0.2) is 0 Å². The molecule has 1 aromatic carbocycles. The highest BCUT2D eigenvalue weighted by atomic mass is 16.5. The summed E-state index contributed by atoms with van der Waals surface area (Å²) < 4.78 is 10.0. The lowest BCUT2D eigenvalue weighted by molar-refractivity contribution is -0.120. The van der Waals surface area contributed by atoms with Gasteiger partial charge in [0.05, 0.1) is 31.8 Å². The maximum Gasteiger partial charge on any atom is 0.335 e. The minimum Gasteiger partial charge on any atom is -0.478 e. The largest absolute Gasteiger partial charge is 0.478 e. The zero-order valence-corrected chi connectivity index (χ0v) is 11.4. The fraction of sp³-hybridized carbons (Fsp3) is 0.429. The van der Waals surface area contributed by atoms with E-state index in [0.29, 0.717) is 26.4 Å². The van der Waals surface area contributed by atoms with E-state index in [4.69, 9.17) is 14.6 Å². The van der Waals surface area contributed by atoms with E-state index in [1.807, 2.05) is 0 Å². The number of ether oxygens (including phenoxy) is 2. The molecule has 0 saturated carbocycles. The van der Waals surface area contributed by atoms with Crippen molar-refractivity contribution in [3.8, 4) is 0 Å². The number of methoxy groups -OCH3 is 1. The molecule has 6 heteroatoms. The Kier molecular flexibility index (Phi) is 7.31. The Morgan fingerprint density at radius 2 is 1.85 bits per heavy atom. The van der Waals surface area contributed by atoms with Gasteiger partial charge in [0, 0.05) is 13.7 Å². The second kappa shape index (κ2) is 9.06. The third-order valence-electron chi connectivity index (χ3n) is 2.57. The molecule has 2 N–H and O–H groups in total. The number of nitrogens with one attached hydrogen (secondary N) is 1. The lowest BCUT2D eigenvalue weighted by Gasteiger charge is -2.06. The molecule has 0 saturated heterocycles. The summed E-state index contributed by atoms with van der Waals surface area (Å²) in [6.45, 7) is 1.91. The average molecular weight is 281 g/mol. The molecular weight excluding hydrogens is 262 g/mol. The summed E-state index contributed by atoms with van der Waals surface area (Å²) in [6.07, 6.45) is 0.220. The first kappa shape index (κ1) is 16.1. The van der Waals surface area contributed by atoms with Crippen LogP contribution in [-0.2, 0) is 20.7 Å². The predicted octanol–water partition coefficient (Wildman–Crippen LogP) is 0.706. The summed E-state index contributed by atoms with van der Waals surface area (Å²) in [5.41, 5.74) is 0.980. The van der Waals surface area contributed by atoms with Gasteiger partial charge in [-0.05, 0) is 17.7 Å². The molecule has 1 aromatic rings. The van der Waals surface area contributed by atoms with E-state index in [1.54, 1.807) is 19.2 Å². The monoisotopic (exact) mass is 281 g/mol. The second-order valence-electron chi connectivity index (χ2n) is 4.13. The number of carboxylic acid groups (broad SMARTS) is 1. The van der Waals surface area contributed by atoms with Crippen LogP contribution in [0.4, 0.5) is 0 Å². The molecule has 0 unspecified atom stereocenters. The Balaban J connectivity index is 2.23. The molecule has 1 amide bonds. The Bertz CT molecular complexity index is 430. The van der Waals surface area contributed by atoms with E-state index in [2.05, 4.69) is 5.32 Å². The molecule has 0 bridgehead atoms. The molecule has 0 heterocycles. The first-order chi connectivity index (χ1) is 9.63. The molecule has 20 heavy (non-hydrogen) atoms. The van der Waals surface area contributed by atoms with E-state index in [1.165, 1.54) is 12.1 Å². The molecule has 0 spiro atoms. The molecular formula is C14H19NO5. The molecule has 1 rings (SSSR count). The minimum absolute atomic E-state index is 0.122. The van der Waals surface area contributed by atoms with E-state index < -0.39 is 5.97 Å². The fourth-order valence-corrected chi connectivity index (χ4v) is 1.52. The normalized spacial score (nSPS) is 10.2. The summed E-state index contributed by atoms with van der Waals surface area (Å²) >= 11 is 0. The smallest absolute Gasteiger partial charge is 0.335 e. The van der Waals surface area contributed by atoms with Gasteiger partial charge < -0.3 is 19.9 Å². The lowest BCUT2D eigenvalue weighted by Crippen LogP contribution is -2.29. The van der Waals surface area contributed by atoms with E-state index >= 15 is 0 Å². The van der Waals surface area contributed by atoms with Crippen LogP contribution in [0.3, 0.4) is 0 Å². The van der Waals surface area contributed by atoms with E-state index in [0.717, 1.165) is 5.56 Å². The topological polar surface area (TPSA) is 84.9 Å². The van der Waals surface area contributed by atoms with Gasteiger partial charge >= 0.3 is 5.97 Å². The number of rotatable bonds is 9. The highest BCUT2D eigenvalue weighted by molar-refractivity contribution is 5.87. The molecule has 0 aromatic heterocycles. The average Bonchev–Trinajstić information content (AvgIpc) is 2.43. The molecule has 6 nitrogen and oxygen atoms in total. The van der Waals surface area contributed by atoms with Crippen LogP contribution >= 0.6 is 0 Å². The van der Waals surface area contributed by atoms with Gasteiger partial charge in [-0.1, -0.05) is 12.1 Å². The molecule has 0 aliphatic heterocycles. The zero-order chi connectivity index (χ0) is 14.8. The molecule has 0 aliphatic rings. The van der Waals surface area contributed by atoms with Gasteiger partial charge in [-0.3, -0.25) is 4.79 Å². The van der Waals surface area contributed by atoms with Crippen molar-refractivity contribution in [2.24, 2.45) is 0 Å². The highest BCUT2D eigenvalue weighted by Gasteiger charge is 2.05. The first-order valence-electron chi connectivity index (χ1n) is 6.29. The number of carboxylic acids is 1. The van der Waals surface area contributed by atoms with Crippen LogP contribution in [0.25, 0.3) is 0 Å². The van der Waals surface area contributed by atoms with Crippen LogP contribution < -0.4 is 5.32 Å². The van der Waals surface area contributed by atoms with Crippen LogP contribution in [0.1, 0.15) is 15.9 Å². The van der Waals surface area contributed by atoms with Gasteiger partial charge in [0.25, 0.3) is 0 Å². The first-order valence-corrected chi connectivity index (χ1v) is 6.29. The Morgan fingerprint density at radius 1 is 1.15 bits per heavy atom. The summed E-state index contributed by atoms with van der Waals surface area (Å²) in [7, 11) is 1.60. The second-order valence-corrected chi connectivity index (χ2v) is 4.13. The Labute approximate surface area is 117 Å². The number of aromatic carboxylic acids is 1. The standard InChI is InChI=1S/C14H19NO5/c1-19-8-9-20-7-6-15-13(16)10-11-2-4-12(5-3-11)14(17)18/h2-5H,6-10H2,1H3,(H,15,16)(H,17,18). The molecule has 0 atom stereocenters. The lowest BCUT2D eigenvalue weighted by atomic mass is 10.1. The number of carbonyl (C=O) groups is 2. The maximum atomic E-state index is 11.6. The summed E-state index contributed by atoms with van der Waals surface area (Å²) in [6, 6.07) is 6.24. The van der Waals surface area contributed by atoms with Gasteiger partial charge in [-0.15, -0.1) is 0 Å². The van der Waals surface area contributed by atoms with Gasteiger partial charge in [-0.2, -0.15) is 0 Å². The molecule has 110 valence electrons. The maximum absolute atomic E-state index is 11.6. The van der Waals surface area contributed by atoms with E-state index in [-0.39, 0.29) is 17.9 Å². The van der Waals surface area contributed by atoms with Crippen molar-refractivity contribution >= 4 is 11.9 Å². The van der Waals surface area contributed by atoms with Crippen LogP contribution in [0.2, 0.25) is 0 Å². The quantitative estimate of drug-likeness (QED) is 0.651. The Morgan fingerprint density at radius 3 is 2.45 bits per heavy atom. The van der Waals surface area contributed by atoms with E-state index in [9.17, 15) is 9.59 Å². The summed E-state index contributed by atoms with van der Waals surface area (Å²) in [4.78, 5) is 22.3. The summed E-state index contributed by atoms with van der Waals surface area (Å²) in [5, 5.41) is 11.5. The van der Waals surface area contributed by atoms with Crippen molar-refractivity contribution in [2.75, 3.05) is 33.5 Å². The minimum atomic E-state index is -0.978. The Hall–Kier alpha value is -1.92. The van der Waals surface area contributed by atoms with Crippen molar-refractivity contribution in [3.63, 3.8) is 0 Å². The van der Waals surface area contributed by atoms with Crippen molar-refractivity contribution in [1.29, 1.82) is 0 Å². The SMILES string of the molecule is COCCOCCNC(=O)Cc1ccc(C(=O)O)cc1. The molecule has 0 aliphatic carbocycles. The van der Waals surface area contributed by atoms with Crippen LogP contribution in [0.15, 0.2) is 24.3 Å². The van der Waals surface area contributed by atoms with Crippen LogP contribution in [0.5, 0.6) is 0 Å². The third-order valence-corrected chi connectivity index (χ3v) is 2.57. The third kappa shape index (κ3) is 6.31. The zero-order valence-electron chi connectivity index (χ0n) is 11.4.